The average Bonchev–Trinajstić information content (AvgIpc) is 2.43. The number of quaternary nitrogens is 1. The zero-order valence-corrected chi connectivity index (χ0v) is 12.1. The van der Waals surface area contributed by atoms with E-state index in [1.165, 1.54) is 44.5 Å². The fraction of sp³-hybridized carbons (Fsp3) is 0.529. The van der Waals surface area contributed by atoms with Gasteiger partial charge in [0.15, 0.2) is 0 Å². The molecule has 0 saturated heterocycles. The first-order chi connectivity index (χ1) is 8.79. The second kappa shape index (κ2) is 8.10. The molecule has 0 amide bonds. The maximum absolute atomic E-state index is 3.97. The molecule has 0 aliphatic heterocycles. The van der Waals surface area contributed by atoms with Crippen molar-refractivity contribution in [3.05, 3.63) is 43.0 Å². The van der Waals surface area contributed by atoms with Crippen LogP contribution in [0.15, 0.2) is 43.0 Å². The van der Waals surface area contributed by atoms with Gasteiger partial charge in [-0.2, -0.15) is 0 Å². The molecule has 1 aromatic carbocycles. The van der Waals surface area contributed by atoms with Crippen molar-refractivity contribution in [3.63, 3.8) is 0 Å². The Morgan fingerprint density at radius 1 is 1.00 bits per heavy atom. The minimum absolute atomic E-state index is 1.05. The molecule has 1 nitrogen and oxygen atoms in total. The van der Waals surface area contributed by atoms with Crippen molar-refractivity contribution in [2.75, 3.05) is 19.6 Å². The SMILES string of the molecule is C=CC[N+](CCCC)(CCCC)c1ccccc1. The van der Waals surface area contributed by atoms with Gasteiger partial charge in [0.1, 0.15) is 12.2 Å². The highest BCUT2D eigenvalue weighted by molar-refractivity contribution is 5.43. The molecule has 0 N–H and O–H groups in total. The molecule has 0 aromatic heterocycles. The Hall–Kier alpha value is -1.08. The summed E-state index contributed by atoms with van der Waals surface area (Å²) in [7, 11) is 0. The van der Waals surface area contributed by atoms with Crippen molar-refractivity contribution < 1.29 is 0 Å². The summed E-state index contributed by atoms with van der Waals surface area (Å²) in [6.07, 6.45) is 7.17. The van der Waals surface area contributed by atoms with E-state index >= 15 is 0 Å². The monoisotopic (exact) mass is 246 g/mol. The summed E-state index contributed by atoms with van der Waals surface area (Å²) in [5, 5.41) is 0. The van der Waals surface area contributed by atoms with Gasteiger partial charge in [-0.25, -0.2) is 0 Å². The van der Waals surface area contributed by atoms with E-state index in [-0.39, 0.29) is 0 Å². The van der Waals surface area contributed by atoms with Gasteiger partial charge in [0.25, 0.3) is 0 Å². The molecule has 0 heterocycles. The van der Waals surface area contributed by atoms with Crippen LogP contribution in [0, 0.1) is 0 Å². The topological polar surface area (TPSA) is 0 Å². The molecule has 0 aliphatic carbocycles. The Morgan fingerprint density at radius 2 is 1.56 bits per heavy atom. The van der Waals surface area contributed by atoms with E-state index in [4.69, 9.17) is 0 Å². The number of para-hydroxylation sites is 1. The molecule has 1 rings (SSSR count). The largest absolute Gasteiger partial charge is 0.288 e. The number of rotatable bonds is 9. The summed E-state index contributed by atoms with van der Waals surface area (Å²) in [4.78, 5) is 0. The van der Waals surface area contributed by atoms with E-state index in [1.807, 2.05) is 0 Å². The van der Waals surface area contributed by atoms with Crippen LogP contribution in [0.1, 0.15) is 39.5 Å². The Balaban J connectivity index is 2.97. The van der Waals surface area contributed by atoms with Crippen LogP contribution in [0.5, 0.6) is 0 Å². The molecule has 0 radical (unpaired) electrons. The van der Waals surface area contributed by atoms with E-state index in [2.05, 4.69) is 56.8 Å². The molecule has 0 unspecified atom stereocenters. The van der Waals surface area contributed by atoms with Gasteiger partial charge in [-0.15, -0.1) is 0 Å². The molecule has 1 aromatic rings. The van der Waals surface area contributed by atoms with Gasteiger partial charge >= 0.3 is 0 Å². The third-order valence-corrected chi connectivity index (χ3v) is 3.66. The van der Waals surface area contributed by atoms with Crippen LogP contribution in [-0.4, -0.2) is 19.6 Å². The van der Waals surface area contributed by atoms with Gasteiger partial charge in [0, 0.05) is 0 Å². The Morgan fingerprint density at radius 3 is 2.00 bits per heavy atom. The maximum Gasteiger partial charge on any atom is 0.133 e. The first-order valence-electron chi connectivity index (χ1n) is 7.31. The Bertz CT molecular complexity index is 321. The first kappa shape index (κ1) is 15.0. The van der Waals surface area contributed by atoms with Crippen molar-refractivity contribution in [1.29, 1.82) is 0 Å². The highest BCUT2D eigenvalue weighted by Gasteiger charge is 2.27. The minimum atomic E-state index is 1.05. The summed E-state index contributed by atoms with van der Waals surface area (Å²) in [6, 6.07) is 11.0. The van der Waals surface area contributed by atoms with Gasteiger partial charge in [-0.3, -0.25) is 4.48 Å². The van der Waals surface area contributed by atoms with Crippen molar-refractivity contribution >= 4 is 5.69 Å². The third kappa shape index (κ3) is 3.99. The van der Waals surface area contributed by atoms with E-state index < -0.39 is 0 Å². The molecule has 0 aliphatic rings. The quantitative estimate of drug-likeness (QED) is 0.434. The maximum atomic E-state index is 3.97. The molecule has 0 bridgehead atoms. The number of nitrogens with zero attached hydrogens (tertiary/aromatic N) is 1. The molecule has 0 fully saturated rings. The normalized spacial score (nSPS) is 11.4. The summed E-state index contributed by atoms with van der Waals surface area (Å²) in [6.45, 7) is 12.0. The lowest BCUT2D eigenvalue weighted by atomic mass is 10.1. The minimum Gasteiger partial charge on any atom is -0.288 e. The third-order valence-electron chi connectivity index (χ3n) is 3.66. The van der Waals surface area contributed by atoms with Crippen LogP contribution in [0.2, 0.25) is 0 Å². The van der Waals surface area contributed by atoms with Crippen LogP contribution in [-0.2, 0) is 0 Å². The van der Waals surface area contributed by atoms with Gasteiger partial charge in [0.2, 0.25) is 0 Å². The second-order valence-electron chi connectivity index (χ2n) is 5.11. The lowest BCUT2D eigenvalue weighted by Gasteiger charge is -2.37. The number of benzene rings is 1. The van der Waals surface area contributed by atoms with E-state index in [0.29, 0.717) is 0 Å². The smallest absolute Gasteiger partial charge is 0.133 e. The van der Waals surface area contributed by atoms with Crippen LogP contribution >= 0.6 is 0 Å². The molecule has 0 atom stereocenters. The molecule has 18 heavy (non-hydrogen) atoms. The molecular weight excluding hydrogens is 218 g/mol. The molecule has 1 heteroatoms. The highest BCUT2D eigenvalue weighted by Crippen LogP contribution is 2.25. The van der Waals surface area contributed by atoms with Gasteiger partial charge in [0.05, 0.1) is 13.1 Å². The van der Waals surface area contributed by atoms with Crippen LogP contribution < -0.4 is 4.48 Å². The van der Waals surface area contributed by atoms with Gasteiger partial charge in [-0.1, -0.05) is 51.5 Å². The predicted molar refractivity (Wildman–Crippen MR) is 82.9 cm³/mol. The van der Waals surface area contributed by atoms with Crippen molar-refractivity contribution in [2.45, 2.75) is 39.5 Å². The highest BCUT2D eigenvalue weighted by atomic mass is 15.4. The van der Waals surface area contributed by atoms with Gasteiger partial charge < -0.3 is 0 Å². The lowest BCUT2D eigenvalue weighted by Crippen LogP contribution is -2.50. The average molecular weight is 246 g/mol. The van der Waals surface area contributed by atoms with E-state index in [1.54, 1.807) is 0 Å². The van der Waals surface area contributed by atoms with E-state index in [0.717, 1.165) is 11.0 Å². The molecular formula is C17H28N+. The van der Waals surface area contributed by atoms with Crippen molar-refractivity contribution in [3.8, 4) is 0 Å². The summed E-state index contributed by atoms with van der Waals surface area (Å²) >= 11 is 0. The number of unbranched alkanes of at least 4 members (excludes halogenated alkanes) is 2. The Labute approximate surface area is 113 Å². The lowest BCUT2D eigenvalue weighted by molar-refractivity contribution is 0.289. The number of hydrogen-bond donors (Lipinski definition) is 0. The molecule has 100 valence electrons. The van der Waals surface area contributed by atoms with Crippen LogP contribution in [0.25, 0.3) is 0 Å². The summed E-state index contributed by atoms with van der Waals surface area (Å²) in [5.41, 5.74) is 1.44. The first-order valence-corrected chi connectivity index (χ1v) is 7.31. The van der Waals surface area contributed by atoms with Crippen LogP contribution in [0.3, 0.4) is 0 Å². The fourth-order valence-corrected chi connectivity index (χ4v) is 2.57. The standard InChI is InChI=1S/C17H28N/c1-4-7-15-18(14-6-3,16-8-5-2)17-12-10-9-11-13-17/h6,9-13H,3-5,7-8,14-16H2,1-2H3/q+1. The van der Waals surface area contributed by atoms with Crippen molar-refractivity contribution in [1.82, 2.24) is 4.48 Å². The summed E-state index contributed by atoms with van der Waals surface area (Å²) in [5.74, 6) is 0. The van der Waals surface area contributed by atoms with E-state index in [9.17, 15) is 0 Å². The van der Waals surface area contributed by atoms with Gasteiger partial charge in [-0.05, 0) is 31.1 Å². The Kier molecular flexibility index (Phi) is 6.74. The number of hydrogen-bond acceptors (Lipinski definition) is 0. The molecule has 0 spiro atoms. The zero-order chi connectivity index (χ0) is 13.3. The predicted octanol–water partition coefficient (Wildman–Crippen LogP) is 4.78. The summed E-state index contributed by atoms with van der Waals surface area (Å²) < 4.78 is 1.08. The fourth-order valence-electron chi connectivity index (χ4n) is 2.57. The zero-order valence-electron chi connectivity index (χ0n) is 12.1. The van der Waals surface area contributed by atoms with Crippen molar-refractivity contribution in [2.24, 2.45) is 0 Å². The van der Waals surface area contributed by atoms with Crippen LogP contribution in [0.4, 0.5) is 5.69 Å². The molecule has 0 saturated carbocycles. The second-order valence-corrected chi connectivity index (χ2v) is 5.11.